The van der Waals surface area contributed by atoms with Crippen molar-refractivity contribution >= 4 is 35.9 Å². The van der Waals surface area contributed by atoms with E-state index in [9.17, 15) is 36.0 Å². The van der Waals surface area contributed by atoms with Gasteiger partial charge >= 0.3 is 18.1 Å². The van der Waals surface area contributed by atoms with E-state index in [4.69, 9.17) is 4.74 Å². The van der Waals surface area contributed by atoms with Gasteiger partial charge in [-0.1, -0.05) is 43.9 Å². The lowest BCUT2D eigenvalue weighted by atomic mass is 10.0. The minimum atomic E-state index is -5.33. The summed E-state index contributed by atoms with van der Waals surface area (Å²) in [5, 5.41) is 0. The maximum atomic E-state index is 13.4. The van der Waals surface area contributed by atoms with Crippen molar-refractivity contribution in [1.82, 2.24) is 9.21 Å². The fourth-order valence-corrected chi connectivity index (χ4v) is 5.68. The lowest BCUT2D eigenvalue weighted by Crippen LogP contribution is -2.52. The van der Waals surface area contributed by atoms with E-state index in [0.29, 0.717) is 10.3 Å². The Kier molecular flexibility index (Phi) is 10.1. The van der Waals surface area contributed by atoms with Crippen molar-refractivity contribution in [3.05, 3.63) is 42.0 Å². The zero-order valence-corrected chi connectivity index (χ0v) is 22.9. The molecule has 0 aliphatic carbocycles. The van der Waals surface area contributed by atoms with Crippen molar-refractivity contribution in [2.45, 2.75) is 55.6 Å². The summed E-state index contributed by atoms with van der Waals surface area (Å²) in [5.74, 6) is -4.54. The van der Waals surface area contributed by atoms with Crippen LogP contribution in [0.5, 0.6) is 0 Å². The third-order valence-electron chi connectivity index (χ3n) is 5.55. The average Bonchev–Trinajstić information content (AvgIpc) is 2.82. The summed E-state index contributed by atoms with van der Waals surface area (Å²) < 4.78 is 76.9. The van der Waals surface area contributed by atoms with Crippen LogP contribution in [0, 0.1) is 0 Å². The molecule has 2 amide bonds. The van der Waals surface area contributed by atoms with Gasteiger partial charge in [0.1, 0.15) is 12.8 Å². The topological polar surface area (TPSA) is 110 Å². The highest BCUT2D eigenvalue weighted by atomic mass is 32.2. The molecule has 0 saturated heterocycles. The molecule has 1 aromatic rings. The number of methoxy groups -OCH3 is 1. The Bertz CT molecular complexity index is 1120. The molecule has 0 fully saturated rings. The summed E-state index contributed by atoms with van der Waals surface area (Å²) >= 11 is 0. The summed E-state index contributed by atoms with van der Waals surface area (Å²) in [5.41, 5.74) is -0.233. The summed E-state index contributed by atoms with van der Waals surface area (Å²) in [6.45, 7) is 5.10. The molecule has 1 unspecified atom stereocenters. The summed E-state index contributed by atoms with van der Waals surface area (Å²) in [6, 6.07) is 5.89. The molecule has 0 bridgehead atoms. The number of carbonyl (C=O) groups is 3. The molecule has 9 nitrogen and oxygen atoms in total. The second kappa shape index (κ2) is 12.2. The molecule has 0 radical (unpaired) electrons. The lowest BCUT2D eigenvalue weighted by Gasteiger charge is -2.33. The summed E-state index contributed by atoms with van der Waals surface area (Å²) in [7, 11) is -4.93. The molecular weight excluding hydrogens is 533 g/mol. The van der Waals surface area contributed by atoms with Crippen molar-refractivity contribution in [1.29, 1.82) is 0 Å². The van der Waals surface area contributed by atoms with Gasteiger partial charge in [-0.25, -0.2) is 17.5 Å². The van der Waals surface area contributed by atoms with Crippen LogP contribution in [0.3, 0.4) is 0 Å². The van der Waals surface area contributed by atoms with Crippen molar-refractivity contribution in [2.75, 3.05) is 27.0 Å². The van der Waals surface area contributed by atoms with Gasteiger partial charge in [0.2, 0.25) is 0 Å². The number of alkyl halides is 3. The molecule has 1 atom stereocenters. The second-order valence-corrected chi connectivity index (χ2v) is 17.1. The SMILES string of the molecule is COC(=O)C(CC1=CCCN(S(=O)(=O)c2ccccc2)C1=O)N(COCC[Si](C)(C)C)C(=O)C(F)(F)F. The molecule has 14 heteroatoms. The van der Waals surface area contributed by atoms with E-state index in [1.54, 1.807) is 6.07 Å². The fraction of sp³-hybridized carbons (Fsp3) is 0.522. The van der Waals surface area contributed by atoms with Gasteiger partial charge in [-0.3, -0.25) is 14.5 Å². The molecule has 1 aliphatic heterocycles. The van der Waals surface area contributed by atoms with Gasteiger partial charge in [-0.2, -0.15) is 13.2 Å². The second-order valence-electron chi connectivity index (χ2n) is 9.58. The van der Waals surface area contributed by atoms with E-state index < -0.39 is 61.3 Å². The number of nitrogens with zero attached hydrogens (tertiary/aromatic N) is 2. The number of halogens is 3. The minimum Gasteiger partial charge on any atom is -0.467 e. The number of rotatable bonds is 11. The largest absolute Gasteiger partial charge is 0.471 e. The highest BCUT2D eigenvalue weighted by Crippen LogP contribution is 2.27. The van der Waals surface area contributed by atoms with E-state index in [1.165, 1.54) is 30.3 Å². The van der Waals surface area contributed by atoms with Crippen LogP contribution in [0.25, 0.3) is 0 Å². The zero-order chi connectivity index (χ0) is 28.0. The number of ether oxygens (including phenoxy) is 2. The molecule has 1 heterocycles. The van der Waals surface area contributed by atoms with Gasteiger partial charge in [0, 0.05) is 33.2 Å². The van der Waals surface area contributed by atoms with E-state index >= 15 is 0 Å². The monoisotopic (exact) mass is 564 g/mol. The standard InChI is InChI=1S/C23H31F3N2O7SSi/c1-34-21(30)19(27(22(31)23(24,25)26)16-35-13-14-37(2,3)4)15-17-9-8-12-28(20(17)29)36(32,33)18-10-6-5-7-11-18/h5-7,9-11,19H,8,12-16H2,1-4H3. The summed E-state index contributed by atoms with van der Waals surface area (Å²) in [4.78, 5) is 38.0. The first-order chi connectivity index (χ1) is 17.1. The van der Waals surface area contributed by atoms with Gasteiger partial charge in [0.05, 0.1) is 12.0 Å². The maximum Gasteiger partial charge on any atom is 0.471 e. The minimum absolute atomic E-state index is 0.0655. The quantitative estimate of drug-likeness (QED) is 0.176. The first-order valence-electron chi connectivity index (χ1n) is 11.4. The number of sulfonamides is 1. The fourth-order valence-electron chi connectivity index (χ4n) is 3.48. The van der Waals surface area contributed by atoms with Crippen molar-refractivity contribution in [3.8, 4) is 0 Å². The number of amides is 2. The molecule has 0 saturated carbocycles. The molecule has 1 aromatic carbocycles. The van der Waals surface area contributed by atoms with Gasteiger partial charge < -0.3 is 9.47 Å². The van der Waals surface area contributed by atoms with Gasteiger partial charge in [0.15, 0.2) is 0 Å². The average molecular weight is 565 g/mol. The first-order valence-corrected chi connectivity index (χ1v) is 16.6. The van der Waals surface area contributed by atoms with Crippen LogP contribution in [-0.2, 0) is 33.9 Å². The van der Waals surface area contributed by atoms with Gasteiger partial charge in [-0.15, -0.1) is 0 Å². The van der Waals surface area contributed by atoms with Crippen LogP contribution in [0.1, 0.15) is 12.8 Å². The highest BCUT2D eigenvalue weighted by Gasteiger charge is 2.47. The summed E-state index contributed by atoms with van der Waals surface area (Å²) in [6.07, 6.45) is -4.61. The first kappa shape index (κ1) is 30.5. The number of hydrogen-bond acceptors (Lipinski definition) is 7. The predicted octanol–water partition coefficient (Wildman–Crippen LogP) is 3.17. The number of carbonyl (C=O) groups excluding carboxylic acids is 3. The van der Waals surface area contributed by atoms with Crippen LogP contribution in [0.2, 0.25) is 25.7 Å². The number of benzene rings is 1. The van der Waals surface area contributed by atoms with E-state index in [0.717, 1.165) is 7.11 Å². The Morgan fingerprint density at radius 2 is 1.78 bits per heavy atom. The molecule has 37 heavy (non-hydrogen) atoms. The molecule has 0 aromatic heterocycles. The Morgan fingerprint density at radius 3 is 2.32 bits per heavy atom. The van der Waals surface area contributed by atoms with E-state index in [1.807, 2.05) is 19.6 Å². The Hall–Kier alpha value is -2.71. The van der Waals surface area contributed by atoms with Crippen molar-refractivity contribution < 1.29 is 45.4 Å². The normalized spacial score (nSPS) is 15.7. The third-order valence-corrected chi connectivity index (χ3v) is 9.05. The van der Waals surface area contributed by atoms with Crippen LogP contribution in [0.4, 0.5) is 13.2 Å². The Morgan fingerprint density at radius 1 is 1.16 bits per heavy atom. The number of hydrogen-bond donors (Lipinski definition) is 0. The van der Waals surface area contributed by atoms with Crippen LogP contribution < -0.4 is 0 Å². The van der Waals surface area contributed by atoms with E-state index in [-0.39, 0.29) is 34.9 Å². The smallest absolute Gasteiger partial charge is 0.467 e. The molecule has 0 spiro atoms. The third kappa shape index (κ3) is 8.14. The van der Waals surface area contributed by atoms with Crippen LogP contribution >= 0.6 is 0 Å². The van der Waals surface area contributed by atoms with Crippen LogP contribution in [0.15, 0.2) is 46.9 Å². The molecule has 2 rings (SSSR count). The van der Waals surface area contributed by atoms with Crippen molar-refractivity contribution in [3.63, 3.8) is 0 Å². The van der Waals surface area contributed by atoms with Crippen LogP contribution in [-0.4, -0.2) is 82.7 Å². The van der Waals surface area contributed by atoms with E-state index in [2.05, 4.69) is 4.74 Å². The van der Waals surface area contributed by atoms with Gasteiger partial charge in [-0.05, 0) is 24.6 Å². The Balaban J connectivity index is 2.34. The molecule has 0 N–H and O–H groups in total. The zero-order valence-electron chi connectivity index (χ0n) is 21.1. The lowest BCUT2D eigenvalue weighted by molar-refractivity contribution is -0.195. The van der Waals surface area contributed by atoms with Crippen molar-refractivity contribution in [2.24, 2.45) is 0 Å². The predicted molar refractivity (Wildman–Crippen MR) is 130 cm³/mol. The van der Waals surface area contributed by atoms with Gasteiger partial charge in [0.25, 0.3) is 15.9 Å². The Labute approximate surface area is 215 Å². The molecular formula is C23H31F3N2O7SSi. The maximum absolute atomic E-state index is 13.4. The molecule has 1 aliphatic rings. The number of esters is 1. The molecule has 206 valence electrons. The highest BCUT2D eigenvalue weighted by molar-refractivity contribution is 7.89.